The molecule has 0 aliphatic rings. The number of hydrogen-bond acceptors (Lipinski definition) is 4. The number of halogens is 2. The first kappa shape index (κ1) is 23.3. The molecular formula is C25H24Br2N6. The highest BCUT2D eigenvalue weighted by molar-refractivity contribution is 9.10. The third-order valence-electron chi connectivity index (χ3n) is 5.78. The summed E-state index contributed by atoms with van der Waals surface area (Å²) in [4.78, 5) is 6.92. The standard InChI is InChI=1S/C25H24Br2N6/c1-3-25(4-2,21-13-15-23(28-21)32-30-19-9-5-17(26)6-10-19)22-14-16-24(29-22)33-31-20-11-7-18(27)8-12-20/h5-16,28-29H,3-4H2,1-2H3. The number of rotatable bonds is 8. The SMILES string of the molecule is CCC(CC)(c1ccc(N=Nc2ccc(Br)cc2)[nH]1)c1ccc(N=Nc2ccc(Br)cc2)[nH]1. The fourth-order valence-corrected chi connectivity index (χ4v) is 4.37. The third kappa shape index (κ3) is 5.39. The van der Waals surface area contributed by atoms with Gasteiger partial charge in [-0.15, -0.1) is 20.5 Å². The number of nitrogens with one attached hydrogen (secondary N) is 2. The second kappa shape index (κ2) is 10.4. The van der Waals surface area contributed by atoms with E-state index in [2.05, 4.69) is 88.3 Å². The van der Waals surface area contributed by atoms with E-state index in [1.807, 2.05) is 60.7 Å². The predicted molar refractivity (Wildman–Crippen MR) is 140 cm³/mol. The van der Waals surface area contributed by atoms with Crippen molar-refractivity contribution < 1.29 is 0 Å². The molecule has 0 bridgehead atoms. The Morgan fingerprint density at radius 3 is 1.33 bits per heavy atom. The van der Waals surface area contributed by atoms with Gasteiger partial charge in [0.15, 0.2) is 11.6 Å². The summed E-state index contributed by atoms with van der Waals surface area (Å²) in [5, 5.41) is 17.4. The average molecular weight is 568 g/mol. The van der Waals surface area contributed by atoms with Gasteiger partial charge < -0.3 is 9.97 Å². The highest BCUT2D eigenvalue weighted by Crippen LogP contribution is 2.39. The molecule has 168 valence electrons. The molecule has 2 heterocycles. The minimum atomic E-state index is -0.212. The van der Waals surface area contributed by atoms with Gasteiger partial charge >= 0.3 is 0 Å². The van der Waals surface area contributed by atoms with Crippen molar-refractivity contribution in [1.29, 1.82) is 0 Å². The average Bonchev–Trinajstić information content (AvgIpc) is 3.51. The van der Waals surface area contributed by atoms with Crippen molar-refractivity contribution in [2.45, 2.75) is 32.1 Å². The van der Waals surface area contributed by atoms with Crippen molar-refractivity contribution in [3.05, 3.63) is 93.1 Å². The summed E-state index contributed by atoms with van der Waals surface area (Å²) in [6.45, 7) is 4.38. The topological polar surface area (TPSA) is 81.0 Å². The summed E-state index contributed by atoms with van der Waals surface area (Å²) in [7, 11) is 0. The van der Waals surface area contributed by atoms with Crippen LogP contribution in [0, 0.1) is 0 Å². The van der Waals surface area contributed by atoms with E-state index in [1.165, 1.54) is 0 Å². The molecule has 33 heavy (non-hydrogen) atoms. The molecule has 2 aromatic heterocycles. The molecule has 4 rings (SSSR count). The molecule has 2 aromatic carbocycles. The van der Waals surface area contributed by atoms with Gasteiger partial charge in [0.2, 0.25) is 0 Å². The van der Waals surface area contributed by atoms with E-state index in [9.17, 15) is 0 Å². The first-order chi connectivity index (χ1) is 16.0. The molecule has 6 nitrogen and oxygen atoms in total. The van der Waals surface area contributed by atoms with Gasteiger partial charge in [-0.25, -0.2) is 0 Å². The summed E-state index contributed by atoms with van der Waals surface area (Å²) in [6.07, 6.45) is 1.83. The summed E-state index contributed by atoms with van der Waals surface area (Å²) in [6, 6.07) is 23.6. The van der Waals surface area contributed by atoms with Crippen molar-refractivity contribution in [3.63, 3.8) is 0 Å². The number of azo groups is 2. The normalized spacial score (nSPS) is 12.2. The monoisotopic (exact) mass is 566 g/mol. The molecule has 0 saturated heterocycles. The van der Waals surface area contributed by atoms with E-state index in [4.69, 9.17) is 0 Å². The maximum atomic E-state index is 4.38. The van der Waals surface area contributed by atoms with Crippen molar-refractivity contribution in [2.24, 2.45) is 20.5 Å². The Balaban J connectivity index is 1.56. The molecule has 0 fully saturated rings. The molecule has 0 spiro atoms. The largest absolute Gasteiger partial charge is 0.341 e. The third-order valence-corrected chi connectivity index (χ3v) is 6.84. The van der Waals surface area contributed by atoms with Gasteiger partial charge in [-0.2, -0.15) is 0 Å². The lowest BCUT2D eigenvalue weighted by Gasteiger charge is -2.30. The van der Waals surface area contributed by atoms with E-state index < -0.39 is 0 Å². The van der Waals surface area contributed by atoms with Crippen LogP contribution >= 0.6 is 31.9 Å². The van der Waals surface area contributed by atoms with Gasteiger partial charge in [-0.3, -0.25) is 0 Å². The van der Waals surface area contributed by atoms with Gasteiger partial charge in [0.05, 0.1) is 11.4 Å². The fourth-order valence-electron chi connectivity index (χ4n) is 3.84. The fraction of sp³-hybridized carbons (Fsp3) is 0.200. The Hall–Kier alpha value is -2.84. The Bertz CT molecular complexity index is 1150. The Kier molecular flexibility index (Phi) is 7.35. The number of H-pyrrole nitrogens is 2. The second-order valence-electron chi connectivity index (χ2n) is 7.66. The smallest absolute Gasteiger partial charge is 0.152 e. The van der Waals surface area contributed by atoms with Gasteiger partial charge in [0, 0.05) is 25.7 Å². The Morgan fingerprint density at radius 1 is 0.576 bits per heavy atom. The highest BCUT2D eigenvalue weighted by atomic mass is 79.9. The first-order valence-electron chi connectivity index (χ1n) is 10.8. The minimum Gasteiger partial charge on any atom is -0.341 e. The minimum absolute atomic E-state index is 0.212. The van der Waals surface area contributed by atoms with E-state index in [1.54, 1.807) is 0 Å². The molecule has 0 aliphatic heterocycles. The maximum Gasteiger partial charge on any atom is 0.152 e. The predicted octanol–water partition coefficient (Wildman–Crippen LogP) is 9.80. The summed E-state index contributed by atoms with van der Waals surface area (Å²) < 4.78 is 2.03. The van der Waals surface area contributed by atoms with Crippen LogP contribution in [0.1, 0.15) is 38.1 Å². The molecule has 0 amide bonds. The zero-order chi connectivity index (χ0) is 23.3. The lowest BCUT2D eigenvalue weighted by molar-refractivity contribution is 0.456. The number of aromatic amines is 2. The molecular weight excluding hydrogens is 544 g/mol. The van der Waals surface area contributed by atoms with Crippen LogP contribution in [0.3, 0.4) is 0 Å². The van der Waals surface area contributed by atoms with Crippen molar-refractivity contribution in [3.8, 4) is 0 Å². The summed E-state index contributed by atoms with van der Waals surface area (Å²) in [5.41, 5.74) is 3.58. The van der Waals surface area contributed by atoms with Gasteiger partial charge in [-0.1, -0.05) is 45.7 Å². The summed E-state index contributed by atoms with van der Waals surface area (Å²) in [5.74, 6) is 1.45. The van der Waals surface area contributed by atoms with E-state index >= 15 is 0 Å². The van der Waals surface area contributed by atoms with Crippen molar-refractivity contribution in [2.75, 3.05) is 0 Å². The van der Waals surface area contributed by atoms with E-state index in [0.717, 1.165) is 56.2 Å². The van der Waals surface area contributed by atoms with Crippen LogP contribution < -0.4 is 0 Å². The van der Waals surface area contributed by atoms with Gasteiger partial charge in [-0.05, 0) is 85.6 Å². The van der Waals surface area contributed by atoms with Crippen LogP contribution in [-0.4, -0.2) is 9.97 Å². The molecule has 0 aliphatic carbocycles. The molecule has 0 saturated carbocycles. The van der Waals surface area contributed by atoms with Crippen LogP contribution in [0.5, 0.6) is 0 Å². The van der Waals surface area contributed by atoms with Crippen molar-refractivity contribution >= 4 is 54.9 Å². The maximum absolute atomic E-state index is 4.38. The zero-order valence-corrected chi connectivity index (χ0v) is 21.6. The Labute approximate surface area is 209 Å². The van der Waals surface area contributed by atoms with Crippen LogP contribution in [0.2, 0.25) is 0 Å². The van der Waals surface area contributed by atoms with Gasteiger partial charge in [0.25, 0.3) is 0 Å². The van der Waals surface area contributed by atoms with Gasteiger partial charge in [0.1, 0.15) is 0 Å². The lowest BCUT2D eigenvalue weighted by atomic mass is 9.76. The second-order valence-corrected chi connectivity index (χ2v) is 9.49. The van der Waals surface area contributed by atoms with E-state index in [0.29, 0.717) is 0 Å². The number of hydrogen-bond donors (Lipinski definition) is 2. The molecule has 2 N–H and O–H groups in total. The number of aromatic nitrogens is 2. The van der Waals surface area contributed by atoms with Crippen LogP contribution in [0.25, 0.3) is 0 Å². The molecule has 4 aromatic rings. The molecule has 0 atom stereocenters. The number of benzene rings is 2. The van der Waals surface area contributed by atoms with E-state index in [-0.39, 0.29) is 5.41 Å². The van der Waals surface area contributed by atoms with Crippen LogP contribution in [0.15, 0.2) is 102 Å². The highest BCUT2D eigenvalue weighted by Gasteiger charge is 2.33. The van der Waals surface area contributed by atoms with Crippen LogP contribution in [0.4, 0.5) is 23.0 Å². The first-order valence-corrected chi connectivity index (χ1v) is 12.3. The zero-order valence-electron chi connectivity index (χ0n) is 18.4. The van der Waals surface area contributed by atoms with Crippen LogP contribution in [-0.2, 0) is 5.41 Å². The molecule has 0 unspecified atom stereocenters. The Morgan fingerprint density at radius 2 is 0.970 bits per heavy atom. The number of nitrogens with zero attached hydrogens (tertiary/aromatic N) is 4. The lowest BCUT2D eigenvalue weighted by Crippen LogP contribution is -2.26. The van der Waals surface area contributed by atoms with Crippen molar-refractivity contribution in [1.82, 2.24) is 9.97 Å². The molecule has 8 heteroatoms. The summed E-state index contributed by atoms with van der Waals surface area (Å²) >= 11 is 6.87. The quantitative estimate of drug-likeness (QED) is 0.199. The molecule has 0 radical (unpaired) electrons.